The average molecular weight is 317 g/mol. The van der Waals surface area contributed by atoms with Crippen LogP contribution >= 0.6 is 15.9 Å². The lowest BCUT2D eigenvalue weighted by Gasteiger charge is -2.23. The standard InChI is InChI=1S/C13H17BrO4/c14-3-1-2-11(15)17-6-9-7-4-8-10(5-7)18-13(16)12(8)9/h7-10,12H,1-6H2. The van der Waals surface area contributed by atoms with Crippen LogP contribution in [-0.2, 0) is 19.1 Å². The van der Waals surface area contributed by atoms with Crippen molar-refractivity contribution >= 4 is 27.9 Å². The Morgan fingerprint density at radius 3 is 3.06 bits per heavy atom. The zero-order valence-corrected chi connectivity index (χ0v) is 11.7. The second kappa shape index (κ2) is 4.83. The molecule has 1 saturated heterocycles. The normalized spacial score (nSPS) is 40.1. The van der Waals surface area contributed by atoms with E-state index in [1.165, 1.54) is 0 Å². The Morgan fingerprint density at radius 2 is 2.28 bits per heavy atom. The van der Waals surface area contributed by atoms with Crippen molar-refractivity contribution < 1.29 is 19.1 Å². The minimum absolute atomic E-state index is 0.00211. The lowest BCUT2D eigenvalue weighted by molar-refractivity contribution is -0.149. The Kier molecular flexibility index (Phi) is 3.34. The van der Waals surface area contributed by atoms with Gasteiger partial charge in [-0.05, 0) is 25.2 Å². The molecule has 100 valence electrons. The van der Waals surface area contributed by atoms with Gasteiger partial charge < -0.3 is 9.47 Å². The Morgan fingerprint density at radius 1 is 1.44 bits per heavy atom. The molecule has 0 aromatic rings. The summed E-state index contributed by atoms with van der Waals surface area (Å²) < 4.78 is 10.7. The van der Waals surface area contributed by atoms with Gasteiger partial charge in [-0.25, -0.2) is 0 Å². The molecular formula is C13H17BrO4. The number of fused-ring (bicyclic) bond motifs is 1. The summed E-state index contributed by atoms with van der Waals surface area (Å²) >= 11 is 3.29. The SMILES string of the molecule is O=C(CCCBr)OCC1C2CC3OC(=O)C1C3C2. The fourth-order valence-electron chi connectivity index (χ4n) is 3.83. The van der Waals surface area contributed by atoms with E-state index in [2.05, 4.69) is 15.9 Å². The molecule has 18 heavy (non-hydrogen) atoms. The van der Waals surface area contributed by atoms with E-state index in [0.717, 1.165) is 24.6 Å². The van der Waals surface area contributed by atoms with Crippen LogP contribution < -0.4 is 0 Å². The molecule has 2 saturated carbocycles. The van der Waals surface area contributed by atoms with Gasteiger partial charge in [0.1, 0.15) is 6.10 Å². The zero-order valence-electron chi connectivity index (χ0n) is 10.1. The molecular weight excluding hydrogens is 300 g/mol. The van der Waals surface area contributed by atoms with Crippen LogP contribution in [0.3, 0.4) is 0 Å². The number of alkyl halides is 1. The van der Waals surface area contributed by atoms with Gasteiger partial charge in [0, 0.05) is 23.6 Å². The van der Waals surface area contributed by atoms with Crippen molar-refractivity contribution in [1.82, 2.24) is 0 Å². The van der Waals surface area contributed by atoms with Crippen LogP contribution in [0, 0.1) is 23.7 Å². The number of carbonyl (C=O) groups is 2. The van der Waals surface area contributed by atoms with Crippen molar-refractivity contribution in [3.05, 3.63) is 0 Å². The highest BCUT2D eigenvalue weighted by Crippen LogP contribution is 2.57. The number of hydrogen-bond donors (Lipinski definition) is 0. The molecule has 0 aromatic carbocycles. The van der Waals surface area contributed by atoms with Gasteiger partial charge in [-0.1, -0.05) is 15.9 Å². The van der Waals surface area contributed by atoms with E-state index in [1.807, 2.05) is 0 Å². The summed E-state index contributed by atoms with van der Waals surface area (Å²) in [6.45, 7) is 0.398. The first-order chi connectivity index (χ1) is 8.70. The van der Waals surface area contributed by atoms with Gasteiger partial charge in [-0.3, -0.25) is 9.59 Å². The van der Waals surface area contributed by atoms with Crippen LogP contribution in [0.25, 0.3) is 0 Å². The number of halogens is 1. The summed E-state index contributed by atoms with van der Waals surface area (Å²) in [5, 5.41) is 0.812. The van der Waals surface area contributed by atoms with Gasteiger partial charge in [0.25, 0.3) is 0 Å². The van der Waals surface area contributed by atoms with Crippen molar-refractivity contribution in [3.63, 3.8) is 0 Å². The van der Waals surface area contributed by atoms with Crippen molar-refractivity contribution in [2.75, 3.05) is 11.9 Å². The third-order valence-corrected chi connectivity index (χ3v) is 5.17. The predicted octanol–water partition coefficient (Wildman–Crippen LogP) is 1.90. The molecule has 0 aromatic heterocycles. The van der Waals surface area contributed by atoms with Gasteiger partial charge >= 0.3 is 11.9 Å². The maximum atomic E-state index is 11.8. The second-order valence-electron chi connectivity index (χ2n) is 5.54. The van der Waals surface area contributed by atoms with Crippen LogP contribution in [-0.4, -0.2) is 30.0 Å². The number of esters is 2. The Hall–Kier alpha value is -0.580. The van der Waals surface area contributed by atoms with E-state index >= 15 is 0 Å². The third-order valence-electron chi connectivity index (χ3n) is 4.61. The number of ether oxygens (including phenoxy) is 2. The lowest BCUT2D eigenvalue weighted by atomic mass is 9.80. The van der Waals surface area contributed by atoms with Crippen LogP contribution in [0.1, 0.15) is 25.7 Å². The maximum Gasteiger partial charge on any atom is 0.310 e. The molecule has 5 unspecified atom stereocenters. The van der Waals surface area contributed by atoms with Gasteiger partial charge in [0.2, 0.25) is 0 Å². The molecule has 3 rings (SSSR count). The largest absolute Gasteiger partial charge is 0.465 e. The first-order valence-electron chi connectivity index (χ1n) is 6.62. The summed E-state index contributed by atoms with van der Waals surface area (Å²) in [6, 6.07) is 0. The van der Waals surface area contributed by atoms with E-state index in [9.17, 15) is 9.59 Å². The summed E-state index contributed by atoms with van der Waals surface area (Å²) in [7, 11) is 0. The molecule has 2 bridgehead atoms. The molecule has 0 N–H and O–H groups in total. The van der Waals surface area contributed by atoms with E-state index < -0.39 is 0 Å². The first-order valence-corrected chi connectivity index (χ1v) is 7.75. The summed E-state index contributed by atoms with van der Waals surface area (Å²) in [5.41, 5.74) is 0. The van der Waals surface area contributed by atoms with Crippen molar-refractivity contribution in [1.29, 1.82) is 0 Å². The Labute approximate surface area is 115 Å². The summed E-state index contributed by atoms with van der Waals surface area (Å²) in [5.74, 6) is 0.896. The van der Waals surface area contributed by atoms with Crippen molar-refractivity contribution in [3.8, 4) is 0 Å². The topological polar surface area (TPSA) is 52.6 Å². The molecule has 4 nitrogen and oxygen atoms in total. The number of hydrogen-bond acceptors (Lipinski definition) is 4. The van der Waals surface area contributed by atoms with Gasteiger partial charge in [0.15, 0.2) is 0 Å². The zero-order chi connectivity index (χ0) is 12.7. The van der Waals surface area contributed by atoms with Crippen LogP contribution in [0.15, 0.2) is 0 Å². The molecule has 0 radical (unpaired) electrons. The molecule has 1 aliphatic heterocycles. The average Bonchev–Trinajstić information content (AvgIpc) is 2.94. The summed E-state index contributed by atoms with van der Waals surface area (Å²) in [4.78, 5) is 23.2. The van der Waals surface area contributed by atoms with E-state index in [4.69, 9.17) is 9.47 Å². The van der Waals surface area contributed by atoms with Gasteiger partial charge in [-0.15, -0.1) is 0 Å². The monoisotopic (exact) mass is 316 g/mol. The summed E-state index contributed by atoms with van der Waals surface area (Å²) in [6.07, 6.45) is 3.45. The Balaban J connectivity index is 1.55. The smallest absolute Gasteiger partial charge is 0.310 e. The van der Waals surface area contributed by atoms with Crippen LogP contribution in [0.5, 0.6) is 0 Å². The highest BCUT2D eigenvalue weighted by Gasteiger charge is 2.62. The molecule has 5 atom stereocenters. The fraction of sp³-hybridized carbons (Fsp3) is 0.846. The Bertz CT molecular complexity index is 368. The quantitative estimate of drug-likeness (QED) is 0.574. The molecule has 5 heteroatoms. The maximum absolute atomic E-state index is 11.8. The molecule has 1 heterocycles. The molecule has 0 amide bonds. The molecule has 3 fully saturated rings. The number of carbonyl (C=O) groups excluding carboxylic acids is 2. The lowest BCUT2D eigenvalue weighted by Crippen LogP contribution is -2.30. The minimum Gasteiger partial charge on any atom is -0.465 e. The second-order valence-corrected chi connectivity index (χ2v) is 6.33. The predicted molar refractivity (Wildman–Crippen MR) is 67.1 cm³/mol. The van der Waals surface area contributed by atoms with Crippen LogP contribution in [0.2, 0.25) is 0 Å². The third kappa shape index (κ3) is 1.96. The highest BCUT2D eigenvalue weighted by atomic mass is 79.9. The van der Waals surface area contributed by atoms with Crippen molar-refractivity contribution in [2.24, 2.45) is 23.7 Å². The van der Waals surface area contributed by atoms with Gasteiger partial charge in [0.05, 0.1) is 12.5 Å². The number of rotatable bonds is 5. The first kappa shape index (κ1) is 12.5. The van der Waals surface area contributed by atoms with Crippen molar-refractivity contribution in [2.45, 2.75) is 31.8 Å². The van der Waals surface area contributed by atoms with E-state index in [1.54, 1.807) is 0 Å². The molecule has 2 aliphatic carbocycles. The molecule has 0 spiro atoms. The van der Waals surface area contributed by atoms with Crippen LogP contribution in [0.4, 0.5) is 0 Å². The highest BCUT2D eigenvalue weighted by molar-refractivity contribution is 9.09. The molecule has 3 aliphatic rings. The van der Waals surface area contributed by atoms with E-state index in [-0.39, 0.29) is 29.9 Å². The van der Waals surface area contributed by atoms with Gasteiger partial charge in [-0.2, -0.15) is 0 Å². The van der Waals surface area contributed by atoms with E-state index in [0.29, 0.717) is 24.9 Å². The minimum atomic E-state index is -0.153. The fourth-order valence-corrected chi connectivity index (χ4v) is 4.11.